The molecular formula is C15H30F3NO3SSi. The van der Waals surface area contributed by atoms with Crippen molar-refractivity contribution in [3.8, 4) is 0 Å². The highest BCUT2D eigenvalue weighted by atomic mass is 32.2. The van der Waals surface area contributed by atoms with Gasteiger partial charge in [-0.15, -0.1) is 0 Å². The molecule has 0 radical (unpaired) electrons. The monoisotopic (exact) mass is 389 g/mol. The lowest BCUT2D eigenvalue weighted by atomic mass is 10.2. The van der Waals surface area contributed by atoms with Crippen LogP contribution in [0.25, 0.3) is 0 Å². The Labute approximate surface area is 145 Å². The summed E-state index contributed by atoms with van der Waals surface area (Å²) >= 11 is 0. The molecule has 24 heavy (non-hydrogen) atoms. The number of hydrogen-bond donors (Lipinski definition) is 0. The average molecular weight is 390 g/mol. The molecule has 0 aromatic rings. The van der Waals surface area contributed by atoms with Gasteiger partial charge in [0, 0.05) is 27.3 Å². The lowest BCUT2D eigenvalue weighted by Crippen LogP contribution is -2.21. The van der Waals surface area contributed by atoms with Crippen molar-refractivity contribution in [1.29, 1.82) is 0 Å². The van der Waals surface area contributed by atoms with Crippen molar-refractivity contribution in [3.05, 3.63) is 12.2 Å². The van der Waals surface area contributed by atoms with Crippen LogP contribution in [0, 0.1) is 0 Å². The summed E-state index contributed by atoms with van der Waals surface area (Å²) in [5.74, 6) is 0. The molecule has 0 rings (SSSR count). The van der Waals surface area contributed by atoms with Gasteiger partial charge in [0.1, 0.15) is 19.3 Å². The maximum atomic E-state index is 10.7. The van der Waals surface area contributed by atoms with Crippen molar-refractivity contribution in [2.75, 3.05) is 13.1 Å². The third kappa shape index (κ3) is 14.9. The van der Waals surface area contributed by atoms with E-state index in [1.54, 1.807) is 0 Å². The third-order valence-electron chi connectivity index (χ3n) is 2.77. The normalized spacial score (nSPS) is 13.3. The van der Waals surface area contributed by atoms with Crippen LogP contribution < -0.4 is 0 Å². The summed E-state index contributed by atoms with van der Waals surface area (Å²) in [4.78, 5) is 0. The summed E-state index contributed by atoms with van der Waals surface area (Å²) in [6.45, 7) is 18.3. The van der Waals surface area contributed by atoms with Crippen molar-refractivity contribution in [3.63, 3.8) is 0 Å². The topological polar surface area (TPSA) is 60.2 Å². The molecule has 0 heterocycles. The van der Waals surface area contributed by atoms with Crippen molar-refractivity contribution in [1.82, 2.24) is 0 Å². The molecule has 0 bridgehead atoms. The maximum absolute atomic E-state index is 10.7. The number of nitrogens with zero attached hydrogens (tertiary/aromatic N) is 1. The van der Waals surface area contributed by atoms with E-state index in [0.29, 0.717) is 0 Å². The van der Waals surface area contributed by atoms with Gasteiger partial charge >= 0.3 is 5.51 Å². The van der Waals surface area contributed by atoms with E-state index in [9.17, 15) is 13.2 Å². The molecule has 0 aromatic carbocycles. The van der Waals surface area contributed by atoms with E-state index in [1.165, 1.54) is 31.0 Å². The minimum absolute atomic E-state index is 0.958. The van der Waals surface area contributed by atoms with Gasteiger partial charge in [0.25, 0.3) is 0 Å². The van der Waals surface area contributed by atoms with Crippen molar-refractivity contribution < 1.29 is 30.7 Å². The molecule has 9 heteroatoms. The van der Waals surface area contributed by atoms with Gasteiger partial charge in [-0.3, -0.25) is 0 Å². The summed E-state index contributed by atoms with van der Waals surface area (Å²) in [6, 6.07) is 1.28. The molecule has 0 unspecified atom stereocenters. The minimum atomic E-state index is -6.09. The first-order chi connectivity index (χ1) is 10.6. The Morgan fingerprint density at radius 3 is 1.96 bits per heavy atom. The second-order valence-corrected chi connectivity index (χ2v) is 13.6. The minimum Gasteiger partial charge on any atom is -0.741 e. The largest absolute Gasteiger partial charge is 0.741 e. The molecule has 0 aromatic heterocycles. The van der Waals surface area contributed by atoms with Crippen LogP contribution in [0.15, 0.2) is 12.2 Å². The van der Waals surface area contributed by atoms with Gasteiger partial charge in [0.2, 0.25) is 0 Å². The first kappa shape index (κ1) is 25.6. The zero-order valence-corrected chi connectivity index (χ0v) is 17.1. The molecule has 0 atom stereocenters. The molecule has 0 aliphatic rings. The van der Waals surface area contributed by atoms with E-state index >= 15 is 0 Å². The Bertz CT molecular complexity index is 509. The van der Waals surface area contributed by atoms with Crippen LogP contribution >= 0.6 is 0 Å². The van der Waals surface area contributed by atoms with Gasteiger partial charge in [-0.1, -0.05) is 45.6 Å². The van der Waals surface area contributed by atoms with Crippen molar-refractivity contribution >= 4 is 24.4 Å². The Hall–Kier alpha value is -0.673. The Morgan fingerprint density at radius 1 is 1.21 bits per heavy atom. The SMILES string of the molecule is C=C(CC[N+](=CCC)CCC)C[Si](C)(C)C.O=S(=O)([O-])C(F)(F)F. The lowest BCUT2D eigenvalue weighted by molar-refractivity contribution is -0.523. The third-order valence-corrected chi connectivity index (χ3v) is 4.90. The number of hydrogen-bond acceptors (Lipinski definition) is 3. The second-order valence-electron chi connectivity index (χ2n) is 6.76. The van der Waals surface area contributed by atoms with Gasteiger partial charge in [-0.25, -0.2) is 13.0 Å². The van der Waals surface area contributed by atoms with Gasteiger partial charge in [0.05, 0.1) is 0 Å². The van der Waals surface area contributed by atoms with E-state index < -0.39 is 23.7 Å². The highest BCUT2D eigenvalue weighted by Crippen LogP contribution is 2.20. The van der Waals surface area contributed by atoms with Gasteiger partial charge < -0.3 is 4.55 Å². The van der Waals surface area contributed by atoms with Crippen LogP contribution in [-0.4, -0.2) is 50.4 Å². The summed E-state index contributed by atoms with van der Waals surface area (Å²) in [5.41, 5.74) is -4.20. The van der Waals surface area contributed by atoms with Crippen LogP contribution in [0.2, 0.25) is 25.7 Å². The molecule has 0 aliphatic heterocycles. The molecular weight excluding hydrogens is 359 g/mol. The predicted molar refractivity (Wildman–Crippen MR) is 94.3 cm³/mol. The summed E-state index contributed by atoms with van der Waals surface area (Å²) in [6.07, 6.45) is 5.86. The summed E-state index contributed by atoms with van der Waals surface area (Å²) in [5, 5.41) is 0. The van der Waals surface area contributed by atoms with Crippen LogP contribution in [0.3, 0.4) is 0 Å². The first-order valence-corrected chi connectivity index (χ1v) is 13.0. The average Bonchev–Trinajstić information content (AvgIpc) is 2.32. The van der Waals surface area contributed by atoms with Crippen LogP contribution in [0.5, 0.6) is 0 Å². The van der Waals surface area contributed by atoms with E-state index in [0.717, 1.165) is 13.0 Å². The number of halogens is 3. The molecule has 0 saturated carbocycles. The standard InChI is InChI=1S/C14H30NSi.CHF3O3S/c1-7-10-15(11-8-2)12-9-14(3)13-16(4,5)6;2-1(3,4)8(5,6)7/h10H,3,7-9,11-13H2,1-2,4-6H3;(H,5,6,7)/q+1;/p-1. The Morgan fingerprint density at radius 2 is 1.67 bits per heavy atom. The highest BCUT2D eigenvalue weighted by Gasteiger charge is 2.36. The second kappa shape index (κ2) is 11.0. The van der Waals surface area contributed by atoms with E-state index in [1.807, 2.05) is 0 Å². The number of rotatable bonds is 8. The molecule has 0 amide bonds. The first-order valence-electron chi connectivity index (χ1n) is 7.90. The van der Waals surface area contributed by atoms with Gasteiger partial charge in [-0.05, 0) is 6.04 Å². The molecule has 0 N–H and O–H groups in total. The molecule has 144 valence electrons. The predicted octanol–water partition coefficient (Wildman–Crippen LogP) is 4.23. The fourth-order valence-electron chi connectivity index (χ4n) is 1.98. The maximum Gasteiger partial charge on any atom is 0.485 e. The molecule has 4 nitrogen and oxygen atoms in total. The molecule has 0 spiro atoms. The van der Waals surface area contributed by atoms with Crippen molar-refractivity contribution in [2.24, 2.45) is 0 Å². The fraction of sp³-hybridized carbons (Fsp3) is 0.800. The quantitative estimate of drug-likeness (QED) is 0.156. The zero-order valence-electron chi connectivity index (χ0n) is 15.2. The Kier molecular flexibility index (Phi) is 11.8. The Balaban J connectivity index is 0. The lowest BCUT2D eigenvalue weighted by Gasteiger charge is -2.17. The van der Waals surface area contributed by atoms with Crippen LogP contribution in [0.1, 0.15) is 33.1 Å². The zero-order chi connectivity index (χ0) is 19.6. The summed E-state index contributed by atoms with van der Waals surface area (Å²) < 4.78 is 61.4. The fourth-order valence-corrected chi connectivity index (χ4v) is 3.66. The van der Waals surface area contributed by atoms with Gasteiger partial charge in [-0.2, -0.15) is 13.2 Å². The highest BCUT2D eigenvalue weighted by molar-refractivity contribution is 7.86. The van der Waals surface area contributed by atoms with Crippen LogP contribution in [0.4, 0.5) is 13.2 Å². The smallest absolute Gasteiger partial charge is 0.485 e. The van der Waals surface area contributed by atoms with E-state index in [4.69, 9.17) is 13.0 Å². The molecule has 0 aliphatic carbocycles. The van der Waals surface area contributed by atoms with Crippen molar-refractivity contribution in [2.45, 2.75) is 64.3 Å². The molecule has 0 saturated heterocycles. The molecule has 0 fully saturated rings. The number of alkyl halides is 3. The van der Waals surface area contributed by atoms with Gasteiger partial charge in [0.15, 0.2) is 10.1 Å². The van der Waals surface area contributed by atoms with E-state index in [-0.39, 0.29) is 0 Å². The van der Waals surface area contributed by atoms with Crippen LogP contribution in [-0.2, 0) is 10.1 Å². The summed E-state index contributed by atoms with van der Waals surface area (Å²) in [7, 11) is -7.05. The van der Waals surface area contributed by atoms with E-state index in [2.05, 4.69) is 50.9 Å².